The SMILES string of the molecule is COc1ccccc1-c1cc(-c2cccs2)[nH]c(=O)n1. The largest absolute Gasteiger partial charge is 0.496 e. The lowest BCUT2D eigenvalue weighted by Gasteiger charge is -2.08. The molecule has 0 radical (unpaired) electrons. The third kappa shape index (κ3) is 2.35. The number of nitrogens with one attached hydrogen (secondary N) is 1. The average Bonchev–Trinajstić information content (AvgIpc) is 3.01. The van der Waals surface area contributed by atoms with Gasteiger partial charge in [0, 0.05) is 5.56 Å². The molecule has 0 bridgehead atoms. The monoisotopic (exact) mass is 284 g/mol. The van der Waals surface area contributed by atoms with Crippen molar-refractivity contribution < 1.29 is 4.74 Å². The first-order valence-electron chi connectivity index (χ1n) is 6.06. The van der Waals surface area contributed by atoms with Gasteiger partial charge in [0.1, 0.15) is 5.75 Å². The zero-order valence-electron chi connectivity index (χ0n) is 10.8. The maximum Gasteiger partial charge on any atom is 0.345 e. The number of hydrogen-bond acceptors (Lipinski definition) is 4. The van der Waals surface area contributed by atoms with Crippen molar-refractivity contribution in [3.8, 4) is 27.6 Å². The fourth-order valence-electron chi connectivity index (χ4n) is 2.02. The van der Waals surface area contributed by atoms with Crippen molar-refractivity contribution in [1.29, 1.82) is 0 Å². The van der Waals surface area contributed by atoms with Gasteiger partial charge < -0.3 is 9.72 Å². The summed E-state index contributed by atoms with van der Waals surface area (Å²) in [5, 5.41) is 1.97. The molecule has 100 valence electrons. The predicted molar refractivity (Wildman–Crippen MR) is 80.2 cm³/mol. The Bertz CT molecular complexity index is 779. The van der Waals surface area contributed by atoms with Crippen molar-refractivity contribution in [2.45, 2.75) is 0 Å². The maximum atomic E-state index is 11.8. The van der Waals surface area contributed by atoms with Crippen molar-refractivity contribution in [3.63, 3.8) is 0 Å². The van der Waals surface area contributed by atoms with Gasteiger partial charge in [0.25, 0.3) is 0 Å². The summed E-state index contributed by atoms with van der Waals surface area (Å²) >= 11 is 1.57. The normalized spacial score (nSPS) is 10.4. The van der Waals surface area contributed by atoms with Gasteiger partial charge in [0.05, 0.1) is 23.4 Å². The highest BCUT2D eigenvalue weighted by Gasteiger charge is 2.10. The van der Waals surface area contributed by atoms with E-state index in [1.54, 1.807) is 18.4 Å². The van der Waals surface area contributed by atoms with Gasteiger partial charge in [-0.15, -0.1) is 11.3 Å². The van der Waals surface area contributed by atoms with E-state index in [1.165, 1.54) is 0 Å². The van der Waals surface area contributed by atoms with Gasteiger partial charge >= 0.3 is 5.69 Å². The number of methoxy groups -OCH3 is 1. The molecule has 0 fully saturated rings. The molecule has 0 amide bonds. The summed E-state index contributed by atoms with van der Waals surface area (Å²) in [5.74, 6) is 0.697. The number of aromatic nitrogens is 2. The molecule has 0 saturated carbocycles. The van der Waals surface area contributed by atoms with Gasteiger partial charge in [-0.05, 0) is 29.6 Å². The topological polar surface area (TPSA) is 55.0 Å². The molecule has 1 aromatic carbocycles. The van der Waals surface area contributed by atoms with Gasteiger partial charge in [0.2, 0.25) is 0 Å². The Labute approximate surface area is 119 Å². The van der Waals surface area contributed by atoms with Gasteiger partial charge in [-0.25, -0.2) is 4.79 Å². The van der Waals surface area contributed by atoms with Crippen LogP contribution in [0.3, 0.4) is 0 Å². The number of ether oxygens (including phenoxy) is 1. The Morgan fingerprint density at radius 1 is 1.20 bits per heavy atom. The zero-order valence-corrected chi connectivity index (χ0v) is 11.6. The van der Waals surface area contributed by atoms with Crippen LogP contribution in [-0.2, 0) is 0 Å². The molecule has 0 unspecified atom stereocenters. The van der Waals surface area contributed by atoms with Gasteiger partial charge in [-0.1, -0.05) is 18.2 Å². The highest BCUT2D eigenvalue weighted by molar-refractivity contribution is 7.13. The minimum Gasteiger partial charge on any atom is -0.496 e. The lowest BCUT2D eigenvalue weighted by molar-refractivity contribution is 0.416. The second-order valence-corrected chi connectivity index (χ2v) is 5.11. The smallest absolute Gasteiger partial charge is 0.345 e. The zero-order chi connectivity index (χ0) is 13.9. The van der Waals surface area contributed by atoms with Crippen molar-refractivity contribution >= 4 is 11.3 Å². The van der Waals surface area contributed by atoms with E-state index in [4.69, 9.17) is 4.74 Å². The van der Waals surface area contributed by atoms with Crippen molar-refractivity contribution in [2.24, 2.45) is 0 Å². The molecule has 1 N–H and O–H groups in total. The standard InChI is InChI=1S/C15H12N2O2S/c1-19-13-6-3-2-5-10(13)11-9-12(17-15(18)16-11)14-7-4-8-20-14/h2-9H,1H3,(H,16,17,18). The van der Waals surface area contributed by atoms with E-state index in [0.717, 1.165) is 16.1 Å². The quantitative estimate of drug-likeness (QED) is 0.803. The van der Waals surface area contributed by atoms with Crippen LogP contribution in [0.5, 0.6) is 5.75 Å². The molecular weight excluding hydrogens is 272 g/mol. The maximum absolute atomic E-state index is 11.8. The molecule has 2 heterocycles. The van der Waals surface area contributed by atoms with Crippen molar-refractivity contribution in [3.05, 3.63) is 58.3 Å². The number of thiophene rings is 1. The minimum atomic E-state index is -0.364. The van der Waals surface area contributed by atoms with E-state index in [-0.39, 0.29) is 5.69 Å². The Balaban J connectivity index is 2.17. The van der Waals surface area contributed by atoms with E-state index in [1.807, 2.05) is 47.8 Å². The summed E-state index contributed by atoms with van der Waals surface area (Å²) in [6, 6.07) is 13.3. The minimum absolute atomic E-state index is 0.364. The summed E-state index contributed by atoms with van der Waals surface area (Å²) in [4.78, 5) is 19.6. The van der Waals surface area contributed by atoms with Gasteiger partial charge in [-0.3, -0.25) is 0 Å². The number of nitrogens with zero attached hydrogens (tertiary/aromatic N) is 1. The molecule has 5 heteroatoms. The van der Waals surface area contributed by atoms with E-state index in [2.05, 4.69) is 9.97 Å². The van der Waals surface area contributed by atoms with Crippen LogP contribution in [0, 0.1) is 0 Å². The van der Waals surface area contributed by atoms with E-state index in [0.29, 0.717) is 11.4 Å². The van der Waals surface area contributed by atoms with Crippen LogP contribution in [0.2, 0.25) is 0 Å². The summed E-state index contributed by atoms with van der Waals surface area (Å²) in [7, 11) is 1.60. The summed E-state index contributed by atoms with van der Waals surface area (Å²) < 4.78 is 5.32. The fraction of sp³-hybridized carbons (Fsp3) is 0.0667. The van der Waals surface area contributed by atoms with Crippen LogP contribution >= 0.6 is 11.3 Å². The molecule has 4 nitrogen and oxygen atoms in total. The van der Waals surface area contributed by atoms with Gasteiger partial charge in [-0.2, -0.15) is 4.98 Å². The second-order valence-electron chi connectivity index (χ2n) is 4.16. The Hall–Kier alpha value is -2.40. The first kappa shape index (κ1) is 12.6. The summed E-state index contributed by atoms with van der Waals surface area (Å²) in [6.45, 7) is 0. The van der Waals surface area contributed by atoms with Crippen LogP contribution in [0.1, 0.15) is 0 Å². The van der Waals surface area contributed by atoms with E-state index < -0.39 is 0 Å². The highest BCUT2D eigenvalue weighted by atomic mass is 32.1. The van der Waals surface area contributed by atoms with E-state index >= 15 is 0 Å². The average molecular weight is 284 g/mol. The molecule has 0 aliphatic heterocycles. The molecule has 0 atom stereocenters. The lowest BCUT2D eigenvalue weighted by atomic mass is 10.1. The van der Waals surface area contributed by atoms with Crippen LogP contribution in [0.4, 0.5) is 0 Å². The number of rotatable bonds is 3. The second kappa shape index (κ2) is 5.30. The van der Waals surface area contributed by atoms with Crippen LogP contribution in [0.15, 0.2) is 52.6 Å². The van der Waals surface area contributed by atoms with Crippen LogP contribution in [-0.4, -0.2) is 17.1 Å². The number of H-pyrrole nitrogens is 1. The van der Waals surface area contributed by atoms with E-state index in [9.17, 15) is 4.79 Å². The molecule has 0 saturated heterocycles. The molecular formula is C15H12N2O2S. The van der Waals surface area contributed by atoms with Crippen LogP contribution in [0.25, 0.3) is 21.8 Å². The molecule has 0 spiro atoms. The molecule has 2 aromatic heterocycles. The van der Waals surface area contributed by atoms with Gasteiger partial charge in [0.15, 0.2) is 0 Å². The van der Waals surface area contributed by atoms with Crippen molar-refractivity contribution in [2.75, 3.05) is 7.11 Å². The third-order valence-corrected chi connectivity index (χ3v) is 3.82. The molecule has 3 rings (SSSR count). The van der Waals surface area contributed by atoms with Crippen molar-refractivity contribution in [1.82, 2.24) is 9.97 Å². The number of hydrogen-bond donors (Lipinski definition) is 1. The number of benzene rings is 1. The molecule has 20 heavy (non-hydrogen) atoms. The fourth-order valence-corrected chi connectivity index (χ4v) is 2.71. The predicted octanol–water partition coefficient (Wildman–Crippen LogP) is 3.17. The number of para-hydroxylation sites is 1. The third-order valence-electron chi connectivity index (χ3n) is 2.91. The Morgan fingerprint density at radius 2 is 2.05 bits per heavy atom. The molecule has 0 aliphatic carbocycles. The Morgan fingerprint density at radius 3 is 2.80 bits per heavy atom. The lowest BCUT2D eigenvalue weighted by Crippen LogP contribution is -2.11. The summed E-state index contributed by atoms with van der Waals surface area (Å²) in [5.41, 5.74) is 1.81. The number of aromatic amines is 1. The van der Waals surface area contributed by atoms with Crippen LogP contribution < -0.4 is 10.4 Å². The summed E-state index contributed by atoms with van der Waals surface area (Å²) in [6.07, 6.45) is 0. The Kier molecular flexibility index (Phi) is 3.35. The first-order chi connectivity index (χ1) is 9.78. The first-order valence-corrected chi connectivity index (χ1v) is 6.94. The highest BCUT2D eigenvalue weighted by Crippen LogP contribution is 2.30. The molecule has 3 aromatic rings. The molecule has 0 aliphatic rings.